The minimum atomic E-state index is -1.34. The zero-order valence-corrected chi connectivity index (χ0v) is 33.5. The first-order valence-electron chi connectivity index (χ1n) is 17.7. The fraction of sp³-hybridized carbons (Fsp3) is 0.372. The van der Waals surface area contributed by atoms with E-state index in [0.29, 0.717) is 11.8 Å². The zero-order valence-electron chi connectivity index (χ0n) is 30.1. The standard InChI is InChI=1S/C25H25N2O.C18H24NSi.Ir/c1-16(2)18-12-13-26-23(15-18)22-9-5-8-20-21-11-10-19(14-17-6-3-4-7-17)27-25(21)28-24(20)22;1-14(2)11-16-12-17(15-9-7-6-8-10-15)19-13-18(16)20(3,4)5;/h5,8,10-13,15-17H,3-4,6-7,14H2,1-2H3;6-9,12-14H,11H2,1-5H3;/q2*-1;. The van der Waals surface area contributed by atoms with Gasteiger partial charge in [0.15, 0.2) is 0 Å². The third-order valence-electron chi connectivity index (χ3n) is 9.45. The van der Waals surface area contributed by atoms with Gasteiger partial charge in [0, 0.05) is 43.6 Å². The number of pyridine rings is 3. The summed E-state index contributed by atoms with van der Waals surface area (Å²) in [5.74, 6) is 1.90. The molecule has 4 aromatic heterocycles. The number of benzene rings is 2. The van der Waals surface area contributed by atoms with Gasteiger partial charge in [-0.1, -0.05) is 107 Å². The van der Waals surface area contributed by atoms with Gasteiger partial charge in [0.2, 0.25) is 5.71 Å². The normalized spacial score (nSPS) is 13.6. The molecule has 1 radical (unpaired) electrons. The molecule has 0 aliphatic heterocycles. The molecule has 0 spiro atoms. The van der Waals surface area contributed by atoms with Crippen LogP contribution in [0.1, 0.15) is 76.1 Å². The first kappa shape index (κ1) is 36.8. The van der Waals surface area contributed by atoms with E-state index in [2.05, 4.69) is 118 Å². The summed E-state index contributed by atoms with van der Waals surface area (Å²) >= 11 is 0. The maximum absolute atomic E-state index is 6.26. The summed E-state index contributed by atoms with van der Waals surface area (Å²) in [4.78, 5) is 14.1. The van der Waals surface area contributed by atoms with Crippen molar-refractivity contribution in [3.8, 4) is 22.5 Å². The number of furan rings is 1. The van der Waals surface area contributed by atoms with Crippen LogP contribution in [-0.2, 0) is 32.9 Å². The van der Waals surface area contributed by atoms with Gasteiger partial charge in [-0.25, -0.2) is 4.98 Å². The number of hydrogen-bond acceptors (Lipinski definition) is 4. The SMILES string of the molecule is CC(C)Cc1cc(-c2[c-]cccc2)ncc1[Si](C)(C)C.CC(C)c1ccnc(-c2[c-]ccc3c2oc2nc(CC4CCCC4)ccc23)c1.[Ir]. The van der Waals surface area contributed by atoms with Crippen LogP contribution >= 0.6 is 0 Å². The topological polar surface area (TPSA) is 51.8 Å². The number of fused-ring (bicyclic) bond motifs is 3. The predicted molar refractivity (Wildman–Crippen MR) is 203 cm³/mol. The second kappa shape index (κ2) is 16.1. The van der Waals surface area contributed by atoms with Crippen LogP contribution < -0.4 is 5.19 Å². The minimum Gasteiger partial charge on any atom is -0.486 e. The molecule has 0 bridgehead atoms. The van der Waals surface area contributed by atoms with Crippen molar-refractivity contribution in [1.82, 2.24) is 15.0 Å². The molecule has 0 N–H and O–H groups in total. The number of rotatable bonds is 8. The summed E-state index contributed by atoms with van der Waals surface area (Å²) < 4.78 is 6.26. The second-order valence-electron chi connectivity index (χ2n) is 15.2. The minimum absolute atomic E-state index is 0. The molecule has 1 aliphatic rings. The molecule has 1 saturated carbocycles. The average molecular weight is 844 g/mol. The third-order valence-corrected chi connectivity index (χ3v) is 11.5. The number of nitrogens with zero attached hydrogens (tertiary/aromatic N) is 3. The van der Waals surface area contributed by atoms with E-state index in [1.54, 1.807) is 0 Å². The van der Waals surface area contributed by atoms with Crippen LogP contribution in [0, 0.1) is 24.0 Å². The molecule has 1 aliphatic carbocycles. The van der Waals surface area contributed by atoms with Gasteiger partial charge in [0.1, 0.15) is 0 Å². The van der Waals surface area contributed by atoms with Crippen LogP contribution in [0.25, 0.3) is 44.6 Å². The van der Waals surface area contributed by atoms with Gasteiger partial charge in [0.25, 0.3) is 0 Å². The molecule has 0 unspecified atom stereocenters. The van der Waals surface area contributed by atoms with Crippen LogP contribution in [0.2, 0.25) is 19.6 Å². The molecular weight excluding hydrogens is 795 g/mol. The van der Waals surface area contributed by atoms with Gasteiger partial charge in [-0.3, -0.25) is 0 Å². The van der Waals surface area contributed by atoms with Gasteiger partial charge < -0.3 is 14.4 Å². The molecular formula is C43H49IrN3OSi-2. The van der Waals surface area contributed by atoms with Crippen LogP contribution in [0.5, 0.6) is 0 Å². The van der Waals surface area contributed by atoms with E-state index in [1.807, 2.05) is 30.5 Å². The van der Waals surface area contributed by atoms with E-state index in [-0.39, 0.29) is 20.1 Å². The Morgan fingerprint density at radius 1 is 0.857 bits per heavy atom. The molecule has 2 aromatic carbocycles. The Morgan fingerprint density at radius 2 is 1.65 bits per heavy atom. The Hall–Kier alpha value is -3.44. The van der Waals surface area contributed by atoms with Crippen LogP contribution in [-0.4, -0.2) is 23.0 Å². The van der Waals surface area contributed by atoms with Crippen molar-refractivity contribution in [2.45, 2.75) is 91.8 Å². The fourth-order valence-electron chi connectivity index (χ4n) is 6.90. The summed E-state index contributed by atoms with van der Waals surface area (Å²) in [5.41, 5.74) is 9.39. The van der Waals surface area contributed by atoms with E-state index >= 15 is 0 Å². The van der Waals surface area contributed by atoms with Crippen molar-refractivity contribution in [2.75, 3.05) is 0 Å². The summed E-state index contributed by atoms with van der Waals surface area (Å²) in [5, 5.41) is 3.65. The Balaban J connectivity index is 0.000000199. The first-order chi connectivity index (χ1) is 23.1. The van der Waals surface area contributed by atoms with Crippen LogP contribution in [0.3, 0.4) is 0 Å². The zero-order chi connectivity index (χ0) is 33.8. The summed E-state index contributed by atoms with van der Waals surface area (Å²) in [6.45, 7) is 16.1. The quantitative estimate of drug-likeness (QED) is 0.113. The van der Waals surface area contributed by atoms with Crippen molar-refractivity contribution in [3.63, 3.8) is 0 Å². The van der Waals surface area contributed by atoms with E-state index in [1.165, 1.54) is 42.0 Å². The van der Waals surface area contributed by atoms with Gasteiger partial charge in [0.05, 0.1) is 13.7 Å². The molecule has 0 saturated heterocycles. The number of hydrogen-bond donors (Lipinski definition) is 0. The van der Waals surface area contributed by atoms with Crippen LogP contribution in [0.15, 0.2) is 83.5 Å². The molecule has 7 rings (SSSR count). The molecule has 4 nitrogen and oxygen atoms in total. The van der Waals surface area contributed by atoms with E-state index in [4.69, 9.17) is 9.40 Å². The molecule has 6 heteroatoms. The van der Waals surface area contributed by atoms with E-state index in [0.717, 1.165) is 69.0 Å². The van der Waals surface area contributed by atoms with E-state index < -0.39 is 8.07 Å². The van der Waals surface area contributed by atoms with Gasteiger partial charge in [-0.2, -0.15) is 0 Å². The van der Waals surface area contributed by atoms with E-state index in [9.17, 15) is 0 Å². The van der Waals surface area contributed by atoms with Gasteiger partial charge >= 0.3 is 0 Å². The molecule has 4 heterocycles. The van der Waals surface area contributed by atoms with Crippen molar-refractivity contribution in [1.29, 1.82) is 0 Å². The fourth-order valence-corrected chi connectivity index (χ4v) is 8.49. The largest absolute Gasteiger partial charge is 0.486 e. The summed E-state index contributed by atoms with van der Waals surface area (Å²) in [7, 11) is -1.34. The molecule has 49 heavy (non-hydrogen) atoms. The first-order valence-corrected chi connectivity index (χ1v) is 21.2. The molecule has 6 aromatic rings. The maximum Gasteiger partial charge on any atom is 0.216 e. The predicted octanol–water partition coefficient (Wildman–Crippen LogP) is 11.0. The Morgan fingerprint density at radius 3 is 2.35 bits per heavy atom. The molecule has 0 amide bonds. The summed E-state index contributed by atoms with van der Waals surface area (Å²) in [6.07, 6.45) is 11.6. The Labute approximate surface area is 307 Å². The third kappa shape index (κ3) is 8.84. The maximum atomic E-state index is 6.26. The van der Waals surface area contributed by atoms with Crippen molar-refractivity contribution in [3.05, 3.63) is 108 Å². The number of aromatic nitrogens is 3. The smallest absolute Gasteiger partial charge is 0.216 e. The molecule has 0 atom stereocenters. The second-order valence-corrected chi connectivity index (χ2v) is 20.2. The van der Waals surface area contributed by atoms with Crippen molar-refractivity contribution in [2.24, 2.45) is 11.8 Å². The summed E-state index contributed by atoms with van der Waals surface area (Å²) in [6, 6.07) is 29.5. The average Bonchev–Trinajstić information content (AvgIpc) is 3.72. The Bertz CT molecular complexity index is 1990. The van der Waals surface area contributed by atoms with Crippen molar-refractivity contribution < 1.29 is 24.5 Å². The monoisotopic (exact) mass is 844 g/mol. The molecule has 1 fully saturated rings. The van der Waals surface area contributed by atoms with Crippen LogP contribution in [0.4, 0.5) is 0 Å². The molecule has 257 valence electrons. The van der Waals surface area contributed by atoms with Gasteiger partial charge in [-0.15, -0.1) is 54.1 Å². The Kier molecular flexibility index (Phi) is 12.1. The van der Waals surface area contributed by atoms with Gasteiger partial charge in [-0.05, 0) is 65.4 Å². The van der Waals surface area contributed by atoms with Crippen molar-refractivity contribution >= 4 is 35.3 Å².